The molecule has 5 nitrogen and oxygen atoms in total. The SMILES string of the molecule is C[C@H](N)C(=O)Nc1ccc(CC(=O)O)cc1. The molecule has 0 aromatic heterocycles. The molecule has 0 aliphatic carbocycles. The first-order valence-electron chi connectivity index (χ1n) is 4.86. The van der Waals surface area contributed by atoms with Gasteiger partial charge in [-0.15, -0.1) is 0 Å². The Morgan fingerprint density at radius 1 is 1.38 bits per heavy atom. The Labute approximate surface area is 93.3 Å². The summed E-state index contributed by atoms with van der Waals surface area (Å²) >= 11 is 0. The number of carbonyl (C=O) groups excluding carboxylic acids is 1. The Kier molecular flexibility index (Phi) is 4.02. The van der Waals surface area contributed by atoms with Crippen molar-refractivity contribution in [1.82, 2.24) is 0 Å². The molecule has 0 unspecified atom stereocenters. The molecule has 1 aromatic rings. The topological polar surface area (TPSA) is 92.4 Å². The number of hydrogen-bond donors (Lipinski definition) is 3. The van der Waals surface area contributed by atoms with E-state index in [0.29, 0.717) is 11.3 Å². The Morgan fingerprint density at radius 3 is 2.38 bits per heavy atom. The monoisotopic (exact) mass is 222 g/mol. The number of anilines is 1. The number of hydrogen-bond acceptors (Lipinski definition) is 3. The van der Waals surface area contributed by atoms with Crippen LogP contribution in [-0.4, -0.2) is 23.0 Å². The van der Waals surface area contributed by atoms with E-state index in [1.54, 1.807) is 31.2 Å². The van der Waals surface area contributed by atoms with Gasteiger partial charge in [-0.3, -0.25) is 9.59 Å². The minimum Gasteiger partial charge on any atom is -0.481 e. The summed E-state index contributed by atoms with van der Waals surface area (Å²) in [6.45, 7) is 1.59. The van der Waals surface area contributed by atoms with Crippen LogP contribution in [0.5, 0.6) is 0 Å². The van der Waals surface area contributed by atoms with Crippen molar-refractivity contribution in [1.29, 1.82) is 0 Å². The van der Waals surface area contributed by atoms with Gasteiger partial charge in [0.15, 0.2) is 0 Å². The number of carboxylic acids is 1. The van der Waals surface area contributed by atoms with Crippen LogP contribution >= 0.6 is 0 Å². The maximum absolute atomic E-state index is 11.2. The fraction of sp³-hybridized carbons (Fsp3) is 0.273. The molecule has 1 rings (SSSR count). The van der Waals surface area contributed by atoms with Crippen LogP contribution in [0.4, 0.5) is 5.69 Å². The second-order valence-corrected chi connectivity index (χ2v) is 3.55. The summed E-state index contributed by atoms with van der Waals surface area (Å²) in [5.74, 6) is -1.15. The molecular weight excluding hydrogens is 208 g/mol. The summed E-state index contributed by atoms with van der Waals surface area (Å²) < 4.78 is 0. The summed E-state index contributed by atoms with van der Waals surface area (Å²) in [5, 5.41) is 11.2. The lowest BCUT2D eigenvalue weighted by Crippen LogP contribution is -2.32. The summed E-state index contributed by atoms with van der Waals surface area (Å²) in [6, 6.07) is 6.05. The number of benzene rings is 1. The van der Waals surface area contributed by atoms with Crippen molar-refractivity contribution in [2.24, 2.45) is 5.73 Å². The summed E-state index contributed by atoms with van der Waals surface area (Å²) in [4.78, 5) is 21.7. The summed E-state index contributed by atoms with van der Waals surface area (Å²) in [5.41, 5.74) is 6.68. The van der Waals surface area contributed by atoms with Crippen molar-refractivity contribution in [3.05, 3.63) is 29.8 Å². The standard InChI is InChI=1S/C11H14N2O3/c1-7(12)11(16)13-9-4-2-8(3-5-9)6-10(14)15/h2-5,7H,6,12H2,1H3,(H,13,16)(H,14,15)/t7-/m0/s1. The molecule has 0 spiro atoms. The number of carboxylic acid groups (broad SMARTS) is 1. The first-order valence-corrected chi connectivity index (χ1v) is 4.86. The van der Waals surface area contributed by atoms with E-state index in [9.17, 15) is 9.59 Å². The fourth-order valence-corrected chi connectivity index (χ4v) is 1.14. The molecule has 0 bridgehead atoms. The van der Waals surface area contributed by atoms with Crippen molar-refractivity contribution in [2.45, 2.75) is 19.4 Å². The highest BCUT2D eigenvalue weighted by Crippen LogP contribution is 2.10. The fourth-order valence-electron chi connectivity index (χ4n) is 1.14. The van der Waals surface area contributed by atoms with E-state index in [1.807, 2.05) is 0 Å². The molecular formula is C11H14N2O3. The number of rotatable bonds is 4. The molecule has 0 radical (unpaired) electrons. The van der Waals surface area contributed by atoms with Gasteiger partial charge in [0.2, 0.25) is 5.91 Å². The highest BCUT2D eigenvalue weighted by molar-refractivity contribution is 5.94. The van der Waals surface area contributed by atoms with Gasteiger partial charge in [0.1, 0.15) is 0 Å². The molecule has 0 saturated heterocycles. The average molecular weight is 222 g/mol. The van der Waals surface area contributed by atoms with Gasteiger partial charge in [-0.25, -0.2) is 0 Å². The highest BCUT2D eigenvalue weighted by Gasteiger charge is 2.07. The van der Waals surface area contributed by atoms with Gasteiger partial charge in [-0.1, -0.05) is 12.1 Å². The van der Waals surface area contributed by atoms with Gasteiger partial charge in [-0.05, 0) is 24.6 Å². The van der Waals surface area contributed by atoms with Gasteiger partial charge in [0, 0.05) is 5.69 Å². The quantitative estimate of drug-likeness (QED) is 0.695. The van der Waals surface area contributed by atoms with Crippen molar-refractivity contribution >= 4 is 17.6 Å². The molecule has 0 fully saturated rings. The lowest BCUT2D eigenvalue weighted by Gasteiger charge is -2.07. The van der Waals surface area contributed by atoms with E-state index in [4.69, 9.17) is 10.8 Å². The van der Waals surface area contributed by atoms with Crippen molar-refractivity contribution < 1.29 is 14.7 Å². The molecule has 1 aromatic carbocycles. The van der Waals surface area contributed by atoms with Gasteiger partial charge in [0.05, 0.1) is 12.5 Å². The van der Waals surface area contributed by atoms with E-state index in [0.717, 1.165) is 0 Å². The van der Waals surface area contributed by atoms with Crippen molar-refractivity contribution in [2.75, 3.05) is 5.32 Å². The van der Waals surface area contributed by atoms with Gasteiger partial charge < -0.3 is 16.2 Å². The second-order valence-electron chi connectivity index (χ2n) is 3.55. The van der Waals surface area contributed by atoms with Crippen LogP contribution in [0.2, 0.25) is 0 Å². The van der Waals surface area contributed by atoms with E-state index in [1.165, 1.54) is 0 Å². The third-order valence-corrected chi connectivity index (χ3v) is 1.99. The Morgan fingerprint density at radius 2 is 1.94 bits per heavy atom. The van der Waals surface area contributed by atoms with E-state index >= 15 is 0 Å². The van der Waals surface area contributed by atoms with Crippen LogP contribution in [0.1, 0.15) is 12.5 Å². The van der Waals surface area contributed by atoms with Crippen LogP contribution in [0, 0.1) is 0 Å². The second kappa shape index (κ2) is 5.27. The lowest BCUT2D eigenvalue weighted by molar-refractivity contribution is -0.136. The van der Waals surface area contributed by atoms with E-state index < -0.39 is 12.0 Å². The largest absolute Gasteiger partial charge is 0.481 e. The molecule has 0 saturated carbocycles. The van der Waals surface area contributed by atoms with Crippen LogP contribution in [-0.2, 0) is 16.0 Å². The van der Waals surface area contributed by atoms with Gasteiger partial charge in [0.25, 0.3) is 0 Å². The predicted molar refractivity (Wildman–Crippen MR) is 60.1 cm³/mol. The number of carbonyl (C=O) groups is 2. The van der Waals surface area contributed by atoms with Crippen LogP contribution in [0.3, 0.4) is 0 Å². The minimum absolute atomic E-state index is 0.0263. The first-order chi connectivity index (χ1) is 7.49. The number of nitrogens with one attached hydrogen (secondary N) is 1. The zero-order valence-electron chi connectivity index (χ0n) is 8.93. The van der Waals surface area contributed by atoms with Gasteiger partial charge >= 0.3 is 5.97 Å². The summed E-state index contributed by atoms with van der Waals surface area (Å²) in [6.07, 6.45) is -0.0263. The summed E-state index contributed by atoms with van der Waals surface area (Å²) in [7, 11) is 0. The normalized spacial score (nSPS) is 11.9. The molecule has 16 heavy (non-hydrogen) atoms. The molecule has 4 N–H and O–H groups in total. The third-order valence-electron chi connectivity index (χ3n) is 1.99. The Bertz CT molecular complexity index is 385. The molecule has 0 aliphatic rings. The first kappa shape index (κ1) is 12.2. The van der Waals surface area contributed by atoms with E-state index in [2.05, 4.69) is 5.32 Å². The highest BCUT2D eigenvalue weighted by atomic mass is 16.4. The third kappa shape index (κ3) is 3.70. The minimum atomic E-state index is -0.882. The Hall–Kier alpha value is -1.88. The van der Waals surface area contributed by atoms with Crippen molar-refractivity contribution in [3.63, 3.8) is 0 Å². The maximum atomic E-state index is 11.2. The molecule has 86 valence electrons. The lowest BCUT2D eigenvalue weighted by atomic mass is 10.1. The smallest absolute Gasteiger partial charge is 0.307 e. The molecule has 0 aliphatic heterocycles. The Balaban J connectivity index is 2.64. The molecule has 5 heteroatoms. The van der Waals surface area contributed by atoms with Crippen LogP contribution in [0.15, 0.2) is 24.3 Å². The number of aliphatic carboxylic acids is 1. The zero-order chi connectivity index (χ0) is 12.1. The van der Waals surface area contributed by atoms with Crippen LogP contribution in [0.25, 0.3) is 0 Å². The van der Waals surface area contributed by atoms with Crippen molar-refractivity contribution in [3.8, 4) is 0 Å². The van der Waals surface area contributed by atoms with Crippen LogP contribution < -0.4 is 11.1 Å². The maximum Gasteiger partial charge on any atom is 0.307 e. The number of amides is 1. The predicted octanol–water partition coefficient (Wildman–Crippen LogP) is 0.599. The molecule has 1 atom stereocenters. The average Bonchev–Trinajstić information content (AvgIpc) is 2.20. The van der Waals surface area contributed by atoms with E-state index in [-0.39, 0.29) is 12.3 Å². The zero-order valence-corrected chi connectivity index (χ0v) is 8.93. The van der Waals surface area contributed by atoms with Gasteiger partial charge in [-0.2, -0.15) is 0 Å². The molecule has 1 amide bonds. The molecule has 0 heterocycles. The number of nitrogens with two attached hydrogens (primary N) is 1.